The van der Waals surface area contributed by atoms with Crippen LogP contribution in [0.25, 0.3) is 0 Å². The predicted octanol–water partition coefficient (Wildman–Crippen LogP) is 4.03. The maximum absolute atomic E-state index is 12.4. The van der Waals surface area contributed by atoms with E-state index < -0.39 is 0 Å². The molecule has 0 heterocycles. The largest absolute Gasteiger partial charge is 0.377 e. The highest BCUT2D eigenvalue weighted by Crippen LogP contribution is 2.47. The van der Waals surface area contributed by atoms with E-state index >= 15 is 0 Å². The van der Waals surface area contributed by atoms with Crippen molar-refractivity contribution in [3.8, 4) is 0 Å². The van der Waals surface area contributed by atoms with Crippen LogP contribution in [-0.4, -0.2) is 12.5 Å². The second kappa shape index (κ2) is 8.11. The summed E-state index contributed by atoms with van der Waals surface area (Å²) in [6, 6.07) is 18.5. The minimum absolute atomic E-state index is 0.121. The molecule has 1 saturated carbocycles. The predicted molar refractivity (Wildman–Crippen MR) is 95.5 cm³/mol. The Hall–Kier alpha value is -2.13. The van der Waals surface area contributed by atoms with Crippen molar-refractivity contribution in [2.24, 2.45) is 5.92 Å². The van der Waals surface area contributed by atoms with E-state index in [-0.39, 0.29) is 11.8 Å². The Morgan fingerprint density at radius 3 is 2.54 bits per heavy atom. The van der Waals surface area contributed by atoms with Gasteiger partial charge in [0, 0.05) is 19.1 Å². The van der Waals surface area contributed by atoms with Gasteiger partial charge in [-0.3, -0.25) is 4.79 Å². The number of rotatable bonds is 8. The molecule has 3 rings (SSSR count). The zero-order valence-electron chi connectivity index (χ0n) is 14.2. The van der Waals surface area contributed by atoms with E-state index in [0.29, 0.717) is 19.1 Å². The first-order valence-corrected chi connectivity index (χ1v) is 8.76. The van der Waals surface area contributed by atoms with Gasteiger partial charge in [0.2, 0.25) is 5.91 Å². The number of carbonyl (C=O) groups is 1. The van der Waals surface area contributed by atoms with Crippen LogP contribution in [0.5, 0.6) is 0 Å². The molecule has 1 N–H and O–H groups in total. The number of hydrogen-bond donors (Lipinski definition) is 1. The lowest BCUT2D eigenvalue weighted by molar-refractivity contribution is -0.122. The van der Waals surface area contributed by atoms with Crippen LogP contribution < -0.4 is 5.32 Å². The van der Waals surface area contributed by atoms with Crippen LogP contribution in [0.4, 0.5) is 0 Å². The van der Waals surface area contributed by atoms with Crippen LogP contribution in [0.3, 0.4) is 0 Å². The number of amides is 1. The summed E-state index contributed by atoms with van der Waals surface area (Å²) in [5.74, 6) is 0.665. The average Bonchev–Trinajstić information content (AvgIpc) is 3.42. The molecule has 2 atom stereocenters. The molecular weight excluding hydrogens is 298 g/mol. The monoisotopic (exact) mass is 323 g/mol. The van der Waals surface area contributed by atoms with E-state index in [1.165, 1.54) is 5.56 Å². The van der Waals surface area contributed by atoms with Crippen LogP contribution in [-0.2, 0) is 22.7 Å². The number of benzene rings is 2. The fraction of sp³-hybridized carbons (Fsp3) is 0.381. The molecule has 0 saturated heterocycles. The molecule has 0 aromatic heterocycles. The molecule has 2 aromatic rings. The van der Waals surface area contributed by atoms with Crippen LogP contribution in [0.1, 0.15) is 42.4 Å². The van der Waals surface area contributed by atoms with Gasteiger partial charge in [0.05, 0.1) is 6.61 Å². The molecule has 1 aliphatic carbocycles. The lowest BCUT2D eigenvalue weighted by Gasteiger charge is -2.11. The standard InChI is InChI=1S/C21H25NO2/c1-2-12-24-15-18-11-7-6-10-17(18)14-22-21(23)20-13-19(20)16-8-4-3-5-9-16/h3-11,19-20H,2,12-15H2,1H3,(H,22,23). The topological polar surface area (TPSA) is 38.3 Å². The summed E-state index contributed by atoms with van der Waals surface area (Å²) in [4.78, 5) is 12.4. The zero-order chi connectivity index (χ0) is 16.8. The summed E-state index contributed by atoms with van der Waals surface area (Å²) in [6.45, 7) is 4.05. The number of nitrogens with one attached hydrogen (secondary N) is 1. The van der Waals surface area contributed by atoms with Crippen LogP contribution in [0, 0.1) is 5.92 Å². The summed E-state index contributed by atoms with van der Waals surface area (Å²) in [6.07, 6.45) is 1.97. The summed E-state index contributed by atoms with van der Waals surface area (Å²) in [5.41, 5.74) is 3.56. The van der Waals surface area contributed by atoms with Crippen LogP contribution in [0.2, 0.25) is 0 Å². The summed E-state index contributed by atoms with van der Waals surface area (Å²) in [7, 11) is 0. The average molecular weight is 323 g/mol. The van der Waals surface area contributed by atoms with Gasteiger partial charge in [0.15, 0.2) is 0 Å². The summed E-state index contributed by atoms with van der Waals surface area (Å²) < 4.78 is 5.64. The van der Waals surface area contributed by atoms with Gasteiger partial charge in [-0.05, 0) is 35.4 Å². The highest BCUT2D eigenvalue weighted by molar-refractivity contribution is 5.82. The van der Waals surface area contributed by atoms with Gasteiger partial charge in [-0.25, -0.2) is 0 Å². The van der Waals surface area contributed by atoms with E-state index in [1.807, 2.05) is 30.3 Å². The third-order valence-corrected chi connectivity index (χ3v) is 4.53. The van der Waals surface area contributed by atoms with E-state index in [4.69, 9.17) is 4.74 Å². The molecule has 24 heavy (non-hydrogen) atoms. The molecule has 3 heteroatoms. The molecular formula is C21H25NO2. The molecule has 1 aliphatic rings. The molecule has 1 fully saturated rings. The van der Waals surface area contributed by atoms with Crippen molar-refractivity contribution < 1.29 is 9.53 Å². The van der Waals surface area contributed by atoms with Gasteiger partial charge >= 0.3 is 0 Å². The Labute approximate surface area is 144 Å². The minimum atomic E-state index is 0.121. The van der Waals surface area contributed by atoms with Crippen molar-refractivity contribution in [2.75, 3.05) is 6.61 Å². The smallest absolute Gasteiger partial charge is 0.224 e. The Balaban J connectivity index is 1.52. The lowest BCUT2D eigenvalue weighted by Crippen LogP contribution is -2.25. The molecule has 0 radical (unpaired) electrons. The highest BCUT2D eigenvalue weighted by Gasteiger charge is 2.43. The Kier molecular flexibility index (Phi) is 5.65. The van der Waals surface area contributed by atoms with Gasteiger partial charge in [-0.2, -0.15) is 0 Å². The van der Waals surface area contributed by atoms with Gasteiger partial charge in [-0.15, -0.1) is 0 Å². The Bertz CT molecular complexity index is 669. The van der Waals surface area contributed by atoms with Gasteiger partial charge < -0.3 is 10.1 Å². The maximum atomic E-state index is 12.4. The molecule has 2 aromatic carbocycles. The van der Waals surface area contributed by atoms with Crippen molar-refractivity contribution in [1.82, 2.24) is 5.32 Å². The Morgan fingerprint density at radius 2 is 1.79 bits per heavy atom. The lowest BCUT2D eigenvalue weighted by atomic mass is 10.1. The second-order valence-electron chi connectivity index (χ2n) is 6.40. The van der Waals surface area contributed by atoms with Gasteiger partial charge in [-0.1, -0.05) is 61.5 Å². The first-order chi connectivity index (χ1) is 11.8. The van der Waals surface area contributed by atoms with Crippen molar-refractivity contribution in [3.05, 3.63) is 71.3 Å². The molecule has 1 amide bonds. The fourth-order valence-electron chi connectivity index (χ4n) is 3.06. The summed E-state index contributed by atoms with van der Waals surface area (Å²) >= 11 is 0. The molecule has 126 valence electrons. The highest BCUT2D eigenvalue weighted by atomic mass is 16.5. The first-order valence-electron chi connectivity index (χ1n) is 8.76. The fourth-order valence-corrected chi connectivity index (χ4v) is 3.06. The summed E-state index contributed by atoms with van der Waals surface area (Å²) in [5, 5.41) is 3.10. The molecule has 0 aliphatic heterocycles. The Morgan fingerprint density at radius 1 is 1.08 bits per heavy atom. The molecule has 2 unspecified atom stereocenters. The van der Waals surface area contributed by atoms with Crippen molar-refractivity contribution in [3.63, 3.8) is 0 Å². The maximum Gasteiger partial charge on any atom is 0.224 e. The number of ether oxygens (including phenoxy) is 1. The zero-order valence-corrected chi connectivity index (χ0v) is 14.2. The van der Waals surface area contributed by atoms with Crippen molar-refractivity contribution >= 4 is 5.91 Å². The van der Waals surface area contributed by atoms with Crippen LogP contribution in [0.15, 0.2) is 54.6 Å². The van der Waals surface area contributed by atoms with Gasteiger partial charge in [0.25, 0.3) is 0 Å². The minimum Gasteiger partial charge on any atom is -0.377 e. The second-order valence-corrected chi connectivity index (χ2v) is 6.40. The normalized spacial score (nSPS) is 19.0. The number of hydrogen-bond acceptors (Lipinski definition) is 2. The molecule has 3 nitrogen and oxygen atoms in total. The SMILES string of the molecule is CCCOCc1ccccc1CNC(=O)C1CC1c1ccccc1. The van der Waals surface area contributed by atoms with Crippen LogP contribution >= 0.6 is 0 Å². The van der Waals surface area contributed by atoms with E-state index in [2.05, 4.69) is 36.5 Å². The molecule has 0 spiro atoms. The van der Waals surface area contributed by atoms with E-state index in [0.717, 1.165) is 30.6 Å². The third-order valence-electron chi connectivity index (χ3n) is 4.53. The van der Waals surface area contributed by atoms with Crippen molar-refractivity contribution in [1.29, 1.82) is 0 Å². The quantitative estimate of drug-likeness (QED) is 0.745. The first kappa shape index (κ1) is 16.7. The van der Waals surface area contributed by atoms with Gasteiger partial charge in [0.1, 0.15) is 0 Å². The molecule has 0 bridgehead atoms. The third kappa shape index (κ3) is 4.24. The van der Waals surface area contributed by atoms with E-state index in [9.17, 15) is 4.79 Å². The van der Waals surface area contributed by atoms with Crippen molar-refractivity contribution in [2.45, 2.75) is 38.8 Å². The van der Waals surface area contributed by atoms with E-state index in [1.54, 1.807) is 0 Å². The number of carbonyl (C=O) groups excluding carboxylic acids is 1.